The van der Waals surface area contributed by atoms with Gasteiger partial charge in [0.15, 0.2) is 0 Å². The Labute approximate surface area is 95.6 Å². The van der Waals surface area contributed by atoms with Crippen LogP contribution in [0.3, 0.4) is 0 Å². The summed E-state index contributed by atoms with van der Waals surface area (Å²) >= 11 is 0. The van der Waals surface area contributed by atoms with Crippen molar-refractivity contribution >= 4 is 11.9 Å². The standard InChI is InChI=1S/C11H20N2O3/c1-6(2)9(11(15)16)13-10(14)7(3)8-4-12-5-8/h6-9,12H,4-5H2,1-3H3,(H,13,14)(H,15,16). The predicted octanol–water partition coefficient (Wildman–Crippen LogP) is 0.0673. The number of aliphatic carboxylic acids is 1. The molecule has 2 unspecified atom stereocenters. The van der Waals surface area contributed by atoms with Crippen molar-refractivity contribution in [3.63, 3.8) is 0 Å². The molecular formula is C11H20N2O3. The highest BCUT2D eigenvalue weighted by atomic mass is 16.4. The second-order valence-corrected chi connectivity index (χ2v) is 4.78. The van der Waals surface area contributed by atoms with Crippen LogP contribution < -0.4 is 10.6 Å². The third-order valence-corrected chi connectivity index (χ3v) is 3.16. The molecule has 0 bridgehead atoms. The average molecular weight is 228 g/mol. The third-order valence-electron chi connectivity index (χ3n) is 3.16. The van der Waals surface area contributed by atoms with Gasteiger partial charge in [0.2, 0.25) is 5.91 Å². The monoisotopic (exact) mass is 228 g/mol. The molecule has 3 N–H and O–H groups in total. The Bertz CT molecular complexity index is 274. The number of carbonyl (C=O) groups excluding carboxylic acids is 1. The van der Waals surface area contributed by atoms with Crippen LogP contribution >= 0.6 is 0 Å². The van der Waals surface area contributed by atoms with Crippen molar-refractivity contribution in [2.75, 3.05) is 13.1 Å². The summed E-state index contributed by atoms with van der Waals surface area (Å²) in [5.74, 6) is -1.02. The maximum atomic E-state index is 11.8. The molecule has 0 aromatic carbocycles. The zero-order chi connectivity index (χ0) is 12.3. The summed E-state index contributed by atoms with van der Waals surface area (Å²) in [4.78, 5) is 22.7. The van der Waals surface area contributed by atoms with Crippen molar-refractivity contribution in [2.45, 2.75) is 26.8 Å². The van der Waals surface area contributed by atoms with Crippen molar-refractivity contribution in [2.24, 2.45) is 17.8 Å². The molecule has 0 aromatic heterocycles. The van der Waals surface area contributed by atoms with E-state index >= 15 is 0 Å². The van der Waals surface area contributed by atoms with Gasteiger partial charge in [-0.3, -0.25) is 4.79 Å². The van der Waals surface area contributed by atoms with Crippen molar-refractivity contribution in [1.82, 2.24) is 10.6 Å². The molecule has 0 aromatic rings. The molecule has 1 aliphatic rings. The largest absolute Gasteiger partial charge is 0.480 e. The Hall–Kier alpha value is -1.10. The van der Waals surface area contributed by atoms with Crippen molar-refractivity contribution in [3.05, 3.63) is 0 Å². The number of nitrogens with one attached hydrogen (secondary N) is 2. The first kappa shape index (κ1) is 13.0. The number of rotatable bonds is 5. The summed E-state index contributed by atoms with van der Waals surface area (Å²) in [6.07, 6.45) is 0. The number of carboxylic acids is 1. The lowest BCUT2D eigenvalue weighted by Gasteiger charge is -2.32. The Morgan fingerprint density at radius 3 is 2.19 bits per heavy atom. The Morgan fingerprint density at radius 2 is 1.88 bits per heavy atom. The van der Waals surface area contributed by atoms with Gasteiger partial charge in [0.05, 0.1) is 0 Å². The van der Waals surface area contributed by atoms with Gasteiger partial charge in [0.25, 0.3) is 0 Å². The van der Waals surface area contributed by atoms with Gasteiger partial charge in [-0.2, -0.15) is 0 Å². The Morgan fingerprint density at radius 1 is 1.31 bits per heavy atom. The molecule has 5 heteroatoms. The SMILES string of the molecule is CC(C)C(NC(=O)C(C)C1CNC1)C(=O)O. The van der Waals surface area contributed by atoms with Crippen LogP contribution in [0, 0.1) is 17.8 Å². The van der Waals surface area contributed by atoms with Crippen LogP contribution in [0.5, 0.6) is 0 Å². The number of carboxylic acid groups (broad SMARTS) is 1. The van der Waals surface area contributed by atoms with Crippen molar-refractivity contribution in [3.8, 4) is 0 Å². The molecule has 0 aliphatic carbocycles. The topological polar surface area (TPSA) is 78.4 Å². The summed E-state index contributed by atoms with van der Waals surface area (Å²) < 4.78 is 0. The molecule has 2 atom stereocenters. The van der Waals surface area contributed by atoms with E-state index in [1.807, 2.05) is 6.92 Å². The van der Waals surface area contributed by atoms with Crippen LogP contribution in [0.1, 0.15) is 20.8 Å². The molecule has 5 nitrogen and oxygen atoms in total. The highest BCUT2D eigenvalue weighted by Crippen LogP contribution is 2.16. The zero-order valence-electron chi connectivity index (χ0n) is 9.99. The summed E-state index contributed by atoms with van der Waals surface area (Å²) in [6.45, 7) is 7.10. The number of hydrogen-bond acceptors (Lipinski definition) is 3. The molecule has 1 fully saturated rings. The first-order valence-electron chi connectivity index (χ1n) is 5.67. The molecule has 0 spiro atoms. The van der Waals surface area contributed by atoms with Crippen molar-refractivity contribution in [1.29, 1.82) is 0 Å². The zero-order valence-corrected chi connectivity index (χ0v) is 9.99. The van der Waals surface area contributed by atoms with Gasteiger partial charge in [-0.05, 0) is 24.9 Å². The van der Waals surface area contributed by atoms with E-state index in [4.69, 9.17) is 5.11 Å². The highest BCUT2D eigenvalue weighted by molar-refractivity contribution is 5.85. The van der Waals surface area contributed by atoms with E-state index in [0.717, 1.165) is 13.1 Å². The second-order valence-electron chi connectivity index (χ2n) is 4.78. The van der Waals surface area contributed by atoms with E-state index in [0.29, 0.717) is 5.92 Å². The van der Waals surface area contributed by atoms with Crippen LogP contribution in [0.25, 0.3) is 0 Å². The summed E-state index contributed by atoms with van der Waals surface area (Å²) in [6, 6.07) is -0.789. The molecule has 1 heterocycles. The van der Waals surface area contributed by atoms with Gasteiger partial charge in [0.1, 0.15) is 6.04 Å². The quantitative estimate of drug-likeness (QED) is 0.622. The molecular weight excluding hydrogens is 208 g/mol. The number of hydrogen-bond donors (Lipinski definition) is 3. The van der Waals surface area contributed by atoms with Gasteiger partial charge in [-0.25, -0.2) is 4.79 Å². The second kappa shape index (κ2) is 5.30. The maximum Gasteiger partial charge on any atom is 0.326 e. The molecule has 16 heavy (non-hydrogen) atoms. The van der Waals surface area contributed by atoms with Crippen LogP contribution in [0.2, 0.25) is 0 Å². The number of carbonyl (C=O) groups is 2. The summed E-state index contributed by atoms with van der Waals surface area (Å²) in [5.41, 5.74) is 0. The van der Waals surface area contributed by atoms with E-state index in [9.17, 15) is 9.59 Å². The van der Waals surface area contributed by atoms with Crippen LogP contribution in [0.15, 0.2) is 0 Å². The van der Waals surface area contributed by atoms with Crippen LogP contribution in [0.4, 0.5) is 0 Å². The number of amides is 1. The Kier molecular flexibility index (Phi) is 4.29. The minimum absolute atomic E-state index is 0.104. The fourth-order valence-corrected chi connectivity index (χ4v) is 1.68. The fourth-order valence-electron chi connectivity index (χ4n) is 1.68. The fraction of sp³-hybridized carbons (Fsp3) is 0.818. The lowest BCUT2D eigenvalue weighted by molar-refractivity contribution is -0.144. The molecule has 1 rings (SSSR count). The van der Waals surface area contributed by atoms with Crippen LogP contribution in [-0.4, -0.2) is 36.1 Å². The highest BCUT2D eigenvalue weighted by Gasteiger charge is 2.31. The molecule has 1 amide bonds. The smallest absolute Gasteiger partial charge is 0.326 e. The normalized spacial score (nSPS) is 20.0. The van der Waals surface area contributed by atoms with E-state index in [-0.39, 0.29) is 17.7 Å². The molecule has 0 radical (unpaired) electrons. The van der Waals surface area contributed by atoms with E-state index in [1.165, 1.54) is 0 Å². The lowest BCUT2D eigenvalue weighted by atomic mass is 9.88. The van der Waals surface area contributed by atoms with Crippen LogP contribution in [-0.2, 0) is 9.59 Å². The van der Waals surface area contributed by atoms with Gasteiger partial charge < -0.3 is 15.7 Å². The first-order chi connectivity index (χ1) is 7.43. The summed E-state index contributed by atoms with van der Waals surface area (Å²) in [5, 5.41) is 14.7. The summed E-state index contributed by atoms with van der Waals surface area (Å²) in [7, 11) is 0. The van der Waals surface area contributed by atoms with Gasteiger partial charge in [-0.1, -0.05) is 20.8 Å². The van der Waals surface area contributed by atoms with E-state index < -0.39 is 12.0 Å². The van der Waals surface area contributed by atoms with Gasteiger partial charge in [0, 0.05) is 5.92 Å². The average Bonchev–Trinajstić information content (AvgIpc) is 2.09. The van der Waals surface area contributed by atoms with Gasteiger partial charge in [-0.15, -0.1) is 0 Å². The van der Waals surface area contributed by atoms with E-state index in [2.05, 4.69) is 10.6 Å². The maximum absolute atomic E-state index is 11.8. The third kappa shape index (κ3) is 2.95. The molecule has 0 saturated carbocycles. The minimum atomic E-state index is -0.970. The lowest BCUT2D eigenvalue weighted by Crippen LogP contribution is -2.53. The molecule has 1 saturated heterocycles. The molecule has 92 valence electrons. The minimum Gasteiger partial charge on any atom is -0.480 e. The predicted molar refractivity (Wildman–Crippen MR) is 59.9 cm³/mol. The van der Waals surface area contributed by atoms with Crippen molar-refractivity contribution < 1.29 is 14.7 Å². The van der Waals surface area contributed by atoms with Gasteiger partial charge >= 0.3 is 5.97 Å². The Balaban J connectivity index is 2.50. The molecule has 1 aliphatic heterocycles. The van der Waals surface area contributed by atoms with E-state index in [1.54, 1.807) is 13.8 Å². The first-order valence-corrected chi connectivity index (χ1v) is 5.67.